The van der Waals surface area contributed by atoms with Crippen LogP contribution in [0.5, 0.6) is 0 Å². The summed E-state index contributed by atoms with van der Waals surface area (Å²) < 4.78 is 13.9. The third-order valence-electron chi connectivity index (χ3n) is 1.37. The second-order valence-electron chi connectivity index (χ2n) is 2.68. The molecule has 84 valence electrons. The van der Waals surface area contributed by atoms with Crippen LogP contribution in [0.15, 0.2) is 24.5 Å². The highest BCUT2D eigenvalue weighted by molar-refractivity contribution is 5.87. The van der Waals surface area contributed by atoms with Crippen LogP contribution in [0.3, 0.4) is 0 Å². The molecule has 5 heteroatoms. The average Bonchev–Trinajstić information content (AvgIpc) is 2.22. The van der Waals surface area contributed by atoms with Crippen LogP contribution in [0.1, 0.15) is 6.92 Å². The zero-order valence-corrected chi connectivity index (χ0v) is 8.87. The first-order valence-corrected chi connectivity index (χ1v) is 4.21. The van der Waals surface area contributed by atoms with Gasteiger partial charge in [-0.1, -0.05) is 6.58 Å². The molecule has 0 aliphatic rings. The molecule has 0 aliphatic heterocycles. The number of carbonyl (C=O) groups is 2. The summed E-state index contributed by atoms with van der Waals surface area (Å²) in [6, 6.07) is 0. The number of esters is 2. The Morgan fingerprint density at radius 2 is 1.53 bits per heavy atom. The summed E-state index contributed by atoms with van der Waals surface area (Å²) in [5.41, 5.74) is 0.294. The summed E-state index contributed by atoms with van der Waals surface area (Å²) in [4.78, 5) is 21.8. The van der Waals surface area contributed by atoms with E-state index in [1.54, 1.807) is 0 Å². The first kappa shape index (κ1) is 13.2. The molecule has 0 heterocycles. The van der Waals surface area contributed by atoms with Crippen LogP contribution in [-0.2, 0) is 23.8 Å². The minimum atomic E-state index is -0.677. The van der Waals surface area contributed by atoms with Crippen molar-refractivity contribution in [1.82, 2.24) is 0 Å². The molecule has 15 heavy (non-hydrogen) atoms. The molecule has 0 saturated heterocycles. The monoisotopic (exact) mass is 214 g/mol. The SMILES string of the molecule is C=C(C)C(=O)OCCOC(=O)C(=C)OC. The molecular formula is C10H14O5. The Bertz CT molecular complexity index is 280. The van der Waals surface area contributed by atoms with E-state index >= 15 is 0 Å². The Kier molecular flexibility index (Phi) is 5.85. The first-order chi connectivity index (χ1) is 6.99. The molecule has 0 aliphatic carbocycles. The zero-order chi connectivity index (χ0) is 11.8. The summed E-state index contributed by atoms with van der Waals surface area (Å²) in [6.45, 7) is 8.16. The van der Waals surface area contributed by atoms with Gasteiger partial charge in [0, 0.05) is 5.57 Å². The van der Waals surface area contributed by atoms with Crippen LogP contribution in [0.2, 0.25) is 0 Å². The van der Waals surface area contributed by atoms with Gasteiger partial charge in [0.15, 0.2) is 5.76 Å². The third-order valence-corrected chi connectivity index (χ3v) is 1.37. The van der Waals surface area contributed by atoms with Crippen LogP contribution in [0, 0.1) is 0 Å². The molecule has 0 spiro atoms. The maximum atomic E-state index is 10.9. The molecule has 0 N–H and O–H groups in total. The van der Waals surface area contributed by atoms with Crippen molar-refractivity contribution in [2.24, 2.45) is 0 Å². The van der Waals surface area contributed by atoms with Gasteiger partial charge >= 0.3 is 11.9 Å². The second-order valence-corrected chi connectivity index (χ2v) is 2.68. The Hall–Kier alpha value is -1.78. The van der Waals surface area contributed by atoms with E-state index in [4.69, 9.17) is 0 Å². The average molecular weight is 214 g/mol. The summed E-state index contributed by atoms with van der Waals surface area (Å²) in [5, 5.41) is 0. The van der Waals surface area contributed by atoms with E-state index in [0.717, 1.165) is 0 Å². The van der Waals surface area contributed by atoms with Gasteiger partial charge in [0.1, 0.15) is 13.2 Å². The second kappa shape index (κ2) is 6.64. The fourth-order valence-corrected chi connectivity index (χ4v) is 0.556. The number of hydrogen-bond acceptors (Lipinski definition) is 5. The lowest BCUT2D eigenvalue weighted by molar-refractivity contribution is -0.149. The number of carbonyl (C=O) groups excluding carboxylic acids is 2. The minimum absolute atomic E-state index is 0.0194. The van der Waals surface area contributed by atoms with Crippen molar-refractivity contribution in [2.75, 3.05) is 20.3 Å². The minimum Gasteiger partial charge on any atom is -0.490 e. The number of ether oxygens (including phenoxy) is 3. The van der Waals surface area contributed by atoms with Crippen LogP contribution in [-0.4, -0.2) is 32.3 Å². The predicted octanol–water partition coefficient (Wildman–Crippen LogP) is 0.809. The highest BCUT2D eigenvalue weighted by Gasteiger charge is 2.08. The van der Waals surface area contributed by atoms with Gasteiger partial charge in [-0.3, -0.25) is 0 Å². The van der Waals surface area contributed by atoms with Crippen molar-refractivity contribution in [3.05, 3.63) is 24.5 Å². The van der Waals surface area contributed by atoms with E-state index in [1.165, 1.54) is 14.0 Å². The van der Waals surface area contributed by atoms with Gasteiger partial charge in [0.05, 0.1) is 7.11 Å². The molecule has 0 saturated carbocycles. The van der Waals surface area contributed by atoms with Crippen molar-refractivity contribution in [1.29, 1.82) is 0 Å². The van der Waals surface area contributed by atoms with Gasteiger partial charge in [0.2, 0.25) is 0 Å². The van der Waals surface area contributed by atoms with Crippen molar-refractivity contribution in [3.8, 4) is 0 Å². The van der Waals surface area contributed by atoms with Gasteiger partial charge < -0.3 is 14.2 Å². The highest BCUT2D eigenvalue weighted by atomic mass is 16.6. The van der Waals surface area contributed by atoms with Crippen molar-refractivity contribution in [3.63, 3.8) is 0 Å². The van der Waals surface area contributed by atoms with E-state index in [1.807, 2.05) is 0 Å². The highest BCUT2D eigenvalue weighted by Crippen LogP contribution is 1.96. The maximum absolute atomic E-state index is 10.9. The lowest BCUT2D eigenvalue weighted by Gasteiger charge is -2.06. The van der Waals surface area contributed by atoms with Gasteiger partial charge in [-0.05, 0) is 13.5 Å². The molecule has 0 aromatic rings. The number of methoxy groups -OCH3 is 1. The summed E-state index contributed by atoms with van der Waals surface area (Å²) in [5.74, 6) is -1.29. The standard InChI is InChI=1S/C10H14O5/c1-7(2)9(11)14-5-6-15-10(12)8(3)13-4/h1,3,5-6H2,2,4H3. The van der Waals surface area contributed by atoms with Gasteiger partial charge in [0.25, 0.3) is 0 Å². The van der Waals surface area contributed by atoms with E-state index in [0.29, 0.717) is 5.57 Å². The van der Waals surface area contributed by atoms with E-state index in [-0.39, 0.29) is 19.0 Å². The lowest BCUT2D eigenvalue weighted by atomic mass is 10.4. The van der Waals surface area contributed by atoms with Crippen LogP contribution in [0.4, 0.5) is 0 Å². The van der Waals surface area contributed by atoms with Gasteiger partial charge in [-0.15, -0.1) is 0 Å². The lowest BCUT2D eigenvalue weighted by Crippen LogP contribution is -2.15. The molecule has 0 aromatic carbocycles. The van der Waals surface area contributed by atoms with Crippen molar-refractivity contribution < 1.29 is 23.8 Å². The molecule has 0 radical (unpaired) electrons. The molecular weight excluding hydrogens is 200 g/mol. The molecule has 0 rings (SSSR count). The number of rotatable bonds is 6. The topological polar surface area (TPSA) is 61.8 Å². The largest absolute Gasteiger partial charge is 0.490 e. The van der Waals surface area contributed by atoms with E-state index in [9.17, 15) is 9.59 Å². The molecule has 0 bridgehead atoms. The summed E-state index contributed by atoms with van der Waals surface area (Å²) in [7, 11) is 1.31. The Morgan fingerprint density at radius 1 is 1.07 bits per heavy atom. The molecule has 0 unspecified atom stereocenters. The first-order valence-electron chi connectivity index (χ1n) is 4.21. The van der Waals surface area contributed by atoms with Crippen LogP contribution < -0.4 is 0 Å². The van der Waals surface area contributed by atoms with Crippen molar-refractivity contribution in [2.45, 2.75) is 6.92 Å². The van der Waals surface area contributed by atoms with Gasteiger partial charge in [-0.2, -0.15) is 0 Å². The molecule has 0 aromatic heterocycles. The molecule has 0 atom stereocenters. The normalized spacial score (nSPS) is 8.93. The predicted molar refractivity (Wildman–Crippen MR) is 52.9 cm³/mol. The quantitative estimate of drug-likeness (QED) is 0.283. The zero-order valence-electron chi connectivity index (χ0n) is 8.87. The molecule has 0 amide bonds. The Labute approximate surface area is 88.3 Å². The fourth-order valence-electron chi connectivity index (χ4n) is 0.556. The molecule has 5 nitrogen and oxygen atoms in total. The van der Waals surface area contributed by atoms with Crippen molar-refractivity contribution >= 4 is 11.9 Å². The van der Waals surface area contributed by atoms with Crippen LogP contribution >= 0.6 is 0 Å². The third kappa shape index (κ3) is 5.51. The van der Waals surface area contributed by atoms with Crippen LogP contribution in [0.25, 0.3) is 0 Å². The van der Waals surface area contributed by atoms with E-state index < -0.39 is 11.9 Å². The summed E-state index contributed by atoms with van der Waals surface area (Å²) in [6.07, 6.45) is 0. The Morgan fingerprint density at radius 3 is 1.93 bits per heavy atom. The Balaban J connectivity index is 3.64. The summed E-state index contributed by atoms with van der Waals surface area (Å²) >= 11 is 0. The van der Waals surface area contributed by atoms with E-state index in [2.05, 4.69) is 27.4 Å². The number of hydrogen-bond donors (Lipinski definition) is 0. The maximum Gasteiger partial charge on any atom is 0.373 e. The fraction of sp³-hybridized carbons (Fsp3) is 0.400. The molecule has 0 fully saturated rings. The van der Waals surface area contributed by atoms with Gasteiger partial charge in [-0.25, -0.2) is 9.59 Å². The smallest absolute Gasteiger partial charge is 0.373 e.